The van der Waals surface area contributed by atoms with Gasteiger partial charge in [-0.05, 0) is 86.5 Å². The number of fused-ring (bicyclic) bond motifs is 2. The van der Waals surface area contributed by atoms with Gasteiger partial charge in [-0.15, -0.1) is 0 Å². The molecule has 0 saturated carbocycles. The first kappa shape index (κ1) is 39.7. The maximum atomic E-state index is 14.5. The summed E-state index contributed by atoms with van der Waals surface area (Å²) >= 11 is 3.53. The van der Waals surface area contributed by atoms with E-state index >= 15 is 0 Å². The third-order valence-electron chi connectivity index (χ3n) is 8.59. The molecule has 0 bridgehead atoms. The molecule has 0 unspecified atom stereocenters. The molecule has 2 atom stereocenters. The minimum atomic E-state index is -1.17. The summed E-state index contributed by atoms with van der Waals surface area (Å²) in [7, 11) is 2.85. The summed E-state index contributed by atoms with van der Waals surface area (Å²) in [6, 6.07) is 19.0. The first-order valence-corrected chi connectivity index (χ1v) is 18.0. The van der Waals surface area contributed by atoms with Gasteiger partial charge in [0.2, 0.25) is 5.91 Å². The van der Waals surface area contributed by atoms with Crippen LogP contribution in [0.4, 0.5) is 5.69 Å². The Labute approximate surface area is 321 Å². The molecule has 0 aromatic heterocycles. The summed E-state index contributed by atoms with van der Waals surface area (Å²) in [5.74, 6) is -1.81. The molecule has 1 heterocycles. The van der Waals surface area contributed by atoms with Gasteiger partial charge in [0.05, 0.1) is 50.2 Å². The number of halogens is 1. The average molecular weight is 804 g/mol. The highest BCUT2D eigenvalue weighted by Crippen LogP contribution is 2.39. The zero-order valence-electron chi connectivity index (χ0n) is 30.9. The molecule has 1 aliphatic rings. The number of esters is 2. The lowest BCUT2D eigenvalue weighted by Crippen LogP contribution is -2.54. The van der Waals surface area contributed by atoms with E-state index in [0.29, 0.717) is 22.6 Å². The number of hydrogen-bond donors (Lipinski definition) is 3. The van der Waals surface area contributed by atoms with Crippen molar-refractivity contribution in [3.05, 3.63) is 99.5 Å². The van der Waals surface area contributed by atoms with E-state index in [-0.39, 0.29) is 37.6 Å². The Kier molecular flexibility index (Phi) is 12.6. The molecule has 284 valence electrons. The van der Waals surface area contributed by atoms with Crippen LogP contribution in [0.3, 0.4) is 0 Å². The fourth-order valence-corrected chi connectivity index (χ4v) is 6.27. The predicted molar refractivity (Wildman–Crippen MR) is 206 cm³/mol. The number of anilines is 1. The number of nitrogens with one attached hydrogen (secondary N) is 3. The van der Waals surface area contributed by atoms with Crippen LogP contribution in [0.25, 0.3) is 10.8 Å². The standard InChI is InChI=1S/C40H43BrN4O9/c1-23(42-20-34(46)54-40(2,3)4)36(47)44-31-22-53-35-29(37(48)43-19-24-10-12-25(13-11-24)39(50)52-6)8-7-9-32(35)45(38(31)49)21-30-28-16-15-27(41)18-26(28)14-17-33(30)51-5/h7-18,23,31,42H,19-22H2,1-6H3,(H,43,48)(H,44,47)/t23-,31-/m0/s1. The van der Waals surface area contributed by atoms with Crippen LogP contribution >= 0.6 is 15.9 Å². The smallest absolute Gasteiger partial charge is 0.337 e. The highest BCUT2D eigenvalue weighted by Gasteiger charge is 2.36. The number of methoxy groups -OCH3 is 2. The number of amides is 3. The lowest BCUT2D eigenvalue weighted by atomic mass is 10.0. The van der Waals surface area contributed by atoms with E-state index in [1.54, 1.807) is 77.3 Å². The van der Waals surface area contributed by atoms with Crippen molar-refractivity contribution in [3.8, 4) is 11.5 Å². The second-order valence-electron chi connectivity index (χ2n) is 13.6. The molecular weight excluding hydrogens is 760 g/mol. The molecule has 1 aliphatic heterocycles. The van der Waals surface area contributed by atoms with Gasteiger partial charge in [0.1, 0.15) is 24.0 Å². The van der Waals surface area contributed by atoms with E-state index in [9.17, 15) is 24.0 Å². The van der Waals surface area contributed by atoms with Gasteiger partial charge < -0.3 is 34.5 Å². The van der Waals surface area contributed by atoms with Gasteiger partial charge in [-0.25, -0.2) is 4.79 Å². The van der Waals surface area contributed by atoms with Crippen LogP contribution in [0.2, 0.25) is 0 Å². The Morgan fingerprint density at radius 3 is 2.43 bits per heavy atom. The van der Waals surface area contributed by atoms with E-state index in [0.717, 1.165) is 20.8 Å². The first-order valence-electron chi connectivity index (χ1n) is 17.2. The highest BCUT2D eigenvalue weighted by molar-refractivity contribution is 9.10. The molecule has 54 heavy (non-hydrogen) atoms. The summed E-state index contributed by atoms with van der Waals surface area (Å²) in [6.07, 6.45) is 0. The Balaban J connectivity index is 1.45. The number of para-hydroxylation sites is 1. The van der Waals surface area contributed by atoms with Crippen LogP contribution in [-0.2, 0) is 36.9 Å². The molecule has 0 spiro atoms. The van der Waals surface area contributed by atoms with Crippen LogP contribution in [-0.4, -0.2) is 74.7 Å². The second-order valence-corrected chi connectivity index (χ2v) is 14.5. The maximum Gasteiger partial charge on any atom is 0.337 e. The second kappa shape index (κ2) is 17.1. The molecule has 3 amide bonds. The summed E-state index contributed by atoms with van der Waals surface area (Å²) in [4.78, 5) is 67.3. The van der Waals surface area contributed by atoms with Crippen molar-refractivity contribution < 1.29 is 42.9 Å². The van der Waals surface area contributed by atoms with E-state index in [1.807, 2.05) is 30.3 Å². The van der Waals surface area contributed by atoms with Crippen molar-refractivity contribution >= 4 is 62.0 Å². The molecule has 0 radical (unpaired) electrons. The van der Waals surface area contributed by atoms with E-state index < -0.39 is 47.3 Å². The van der Waals surface area contributed by atoms with E-state index in [4.69, 9.17) is 18.9 Å². The van der Waals surface area contributed by atoms with Crippen LogP contribution in [0.1, 0.15) is 59.5 Å². The van der Waals surface area contributed by atoms with Crippen molar-refractivity contribution in [2.45, 2.75) is 58.5 Å². The molecular formula is C40H43BrN4O9. The van der Waals surface area contributed by atoms with Crippen molar-refractivity contribution in [3.63, 3.8) is 0 Å². The molecule has 14 heteroatoms. The van der Waals surface area contributed by atoms with Gasteiger partial charge in [-0.2, -0.15) is 0 Å². The SMILES string of the molecule is COC(=O)c1ccc(CNC(=O)c2cccc3c2OC[C@H](NC(=O)[C@H](C)NCC(=O)OC(C)(C)C)C(=O)N3Cc2c(OC)ccc3cc(Br)ccc23)cc1. The van der Waals surface area contributed by atoms with Crippen LogP contribution in [0, 0.1) is 0 Å². The zero-order chi connectivity index (χ0) is 39.2. The lowest BCUT2D eigenvalue weighted by molar-refractivity contribution is -0.153. The topological polar surface area (TPSA) is 162 Å². The maximum absolute atomic E-state index is 14.5. The molecule has 5 rings (SSSR count). The quantitative estimate of drug-likeness (QED) is 0.165. The van der Waals surface area contributed by atoms with Crippen molar-refractivity contribution in [2.24, 2.45) is 0 Å². The van der Waals surface area contributed by atoms with Gasteiger partial charge in [0, 0.05) is 16.6 Å². The van der Waals surface area contributed by atoms with Crippen molar-refractivity contribution in [1.29, 1.82) is 0 Å². The molecule has 4 aromatic rings. The van der Waals surface area contributed by atoms with E-state index in [2.05, 4.69) is 31.9 Å². The van der Waals surface area contributed by atoms with Gasteiger partial charge in [-0.3, -0.25) is 24.5 Å². The molecule has 3 N–H and O–H groups in total. The monoisotopic (exact) mass is 802 g/mol. The molecule has 0 fully saturated rings. The third kappa shape index (κ3) is 9.54. The van der Waals surface area contributed by atoms with Gasteiger partial charge in [-0.1, -0.05) is 46.3 Å². The largest absolute Gasteiger partial charge is 0.496 e. The van der Waals surface area contributed by atoms with Crippen LogP contribution in [0.15, 0.2) is 77.3 Å². The molecule has 0 saturated heterocycles. The zero-order valence-corrected chi connectivity index (χ0v) is 32.5. The Hall–Kier alpha value is -5.47. The fourth-order valence-electron chi connectivity index (χ4n) is 5.89. The van der Waals surface area contributed by atoms with Crippen molar-refractivity contribution in [1.82, 2.24) is 16.0 Å². The number of benzene rings is 4. The van der Waals surface area contributed by atoms with Crippen LogP contribution < -0.4 is 30.3 Å². The van der Waals surface area contributed by atoms with Crippen molar-refractivity contribution in [2.75, 3.05) is 32.3 Å². The first-order chi connectivity index (χ1) is 25.7. The number of rotatable bonds is 12. The summed E-state index contributed by atoms with van der Waals surface area (Å²) in [5, 5.41) is 10.3. The Morgan fingerprint density at radius 2 is 1.74 bits per heavy atom. The Bertz CT molecular complexity index is 2060. The van der Waals surface area contributed by atoms with Gasteiger partial charge >= 0.3 is 11.9 Å². The number of hydrogen-bond acceptors (Lipinski definition) is 10. The highest BCUT2D eigenvalue weighted by atomic mass is 79.9. The summed E-state index contributed by atoms with van der Waals surface area (Å²) in [6.45, 7) is 6.45. The normalized spacial score (nSPS) is 14.6. The van der Waals surface area contributed by atoms with Gasteiger partial charge in [0.15, 0.2) is 5.75 Å². The van der Waals surface area contributed by atoms with Crippen LogP contribution in [0.5, 0.6) is 11.5 Å². The number of carbonyl (C=O) groups is 5. The summed E-state index contributed by atoms with van der Waals surface area (Å²) < 4.78 is 23.0. The van der Waals surface area contributed by atoms with Gasteiger partial charge in [0.25, 0.3) is 11.8 Å². The average Bonchev–Trinajstić information content (AvgIpc) is 3.27. The number of carbonyl (C=O) groups excluding carboxylic acids is 5. The third-order valence-corrected chi connectivity index (χ3v) is 9.08. The van der Waals surface area contributed by atoms with E-state index in [1.165, 1.54) is 12.0 Å². The molecule has 13 nitrogen and oxygen atoms in total. The Morgan fingerprint density at radius 1 is 1.00 bits per heavy atom. The summed E-state index contributed by atoms with van der Waals surface area (Å²) in [5.41, 5.74) is 1.62. The molecule has 0 aliphatic carbocycles. The minimum Gasteiger partial charge on any atom is -0.496 e. The predicted octanol–water partition coefficient (Wildman–Crippen LogP) is 5.06. The number of nitrogens with zero attached hydrogens (tertiary/aromatic N) is 1. The fraction of sp³-hybridized carbons (Fsp3) is 0.325. The number of ether oxygens (including phenoxy) is 4. The molecule has 4 aromatic carbocycles. The minimum absolute atomic E-state index is 0.00771. The lowest BCUT2D eigenvalue weighted by Gasteiger charge is -2.27.